The largest absolute Gasteiger partial charge is 0.396 e. The van der Waals surface area contributed by atoms with Crippen LogP contribution in [-0.2, 0) is 6.54 Å². The van der Waals surface area contributed by atoms with E-state index in [2.05, 4.69) is 11.9 Å². The number of aryl methyl sites for hydroxylation is 1. The van der Waals surface area contributed by atoms with Crippen LogP contribution in [0, 0.1) is 5.92 Å². The highest BCUT2D eigenvalue weighted by Gasteiger charge is 2.07. The molecule has 0 saturated carbocycles. The molecule has 0 aromatic carbocycles. The van der Waals surface area contributed by atoms with E-state index in [0.29, 0.717) is 11.9 Å². The number of aliphatic hydroxyl groups is 1. The summed E-state index contributed by atoms with van der Waals surface area (Å²) in [5.41, 5.74) is 5.63. The van der Waals surface area contributed by atoms with Crippen molar-refractivity contribution in [1.29, 1.82) is 0 Å². The van der Waals surface area contributed by atoms with Crippen molar-refractivity contribution in [3.05, 3.63) is 12.4 Å². The molecule has 3 N–H and O–H groups in total. The van der Waals surface area contributed by atoms with Crippen LogP contribution in [-0.4, -0.2) is 21.3 Å². The van der Waals surface area contributed by atoms with E-state index in [-0.39, 0.29) is 6.61 Å². The van der Waals surface area contributed by atoms with Gasteiger partial charge >= 0.3 is 0 Å². The van der Waals surface area contributed by atoms with Gasteiger partial charge in [0, 0.05) is 25.5 Å². The third kappa shape index (κ3) is 3.03. The Morgan fingerprint density at radius 1 is 1.57 bits per heavy atom. The molecule has 0 aliphatic heterocycles. The second-order valence-electron chi connectivity index (χ2n) is 3.60. The molecule has 0 bridgehead atoms. The van der Waals surface area contributed by atoms with E-state index in [4.69, 9.17) is 10.8 Å². The van der Waals surface area contributed by atoms with Gasteiger partial charge in [-0.25, -0.2) is 4.98 Å². The number of aromatic nitrogens is 2. The summed E-state index contributed by atoms with van der Waals surface area (Å²) >= 11 is 0. The number of rotatable bonds is 6. The van der Waals surface area contributed by atoms with Gasteiger partial charge in [0.2, 0.25) is 0 Å². The fraction of sp³-hybridized carbons (Fsp3) is 0.700. The third-order valence-corrected chi connectivity index (χ3v) is 2.48. The van der Waals surface area contributed by atoms with E-state index >= 15 is 0 Å². The SMILES string of the molecule is CCCC(CO)CCn1ccnc1N. The molecule has 4 nitrogen and oxygen atoms in total. The van der Waals surface area contributed by atoms with Gasteiger partial charge in [0.05, 0.1) is 0 Å². The number of imidazole rings is 1. The fourth-order valence-corrected chi connectivity index (χ4v) is 1.59. The second kappa shape index (κ2) is 5.65. The number of nitrogens with two attached hydrogens (primary N) is 1. The first-order chi connectivity index (χ1) is 6.77. The van der Waals surface area contributed by atoms with Crippen LogP contribution in [0.25, 0.3) is 0 Å². The Kier molecular flexibility index (Phi) is 4.46. The molecule has 0 radical (unpaired) electrons. The van der Waals surface area contributed by atoms with Gasteiger partial charge in [0.1, 0.15) is 0 Å². The maximum Gasteiger partial charge on any atom is 0.200 e. The van der Waals surface area contributed by atoms with Crippen LogP contribution in [0.15, 0.2) is 12.4 Å². The first-order valence-corrected chi connectivity index (χ1v) is 5.15. The number of nitrogen functional groups attached to an aromatic ring is 1. The lowest BCUT2D eigenvalue weighted by atomic mass is 10.0. The van der Waals surface area contributed by atoms with Crippen LogP contribution in [0.4, 0.5) is 5.95 Å². The van der Waals surface area contributed by atoms with Crippen LogP contribution in [0.3, 0.4) is 0 Å². The number of anilines is 1. The predicted octanol–water partition coefficient (Wildman–Crippen LogP) is 1.26. The van der Waals surface area contributed by atoms with E-state index in [1.807, 2.05) is 10.8 Å². The van der Waals surface area contributed by atoms with Crippen LogP contribution < -0.4 is 5.73 Å². The molecular formula is C10H19N3O. The lowest BCUT2D eigenvalue weighted by molar-refractivity contribution is 0.205. The highest BCUT2D eigenvalue weighted by atomic mass is 16.3. The molecule has 1 unspecified atom stereocenters. The average Bonchev–Trinajstić information content (AvgIpc) is 2.59. The van der Waals surface area contributed by atoms with Crippen LogP contribution in [0.1, 0.15) is 26.2 Å². The van der Waals surface area contributed by atoms with Gasteiger partial charge in [-0.1, -0.05) is 13.3 Å². The minimum atomic E-state index is 0.266. The summed E-state index contributed by atoms with van der Waals surface area (Å²) < 4.78 is 1.92. The third-order valence-electron chi connectivity index (χ3n) is 2.48. The lowest BCUT2D eigenvalue weighted by Gasteiger charge is -2.13. The first kappa shape index (κ1) is 11.0. The van der Waals surface area contributed by atoms with Crippen molar-refractivity contribution in [1.82, 2.24) is 9.55 Å². The topological polar surface area (TPSA) is 64.1 Å². The first-order valence-electron chi connectivity index (χ1n) is 5.15. The van der Waals surface area contributed by atoms with Gasteiger partial charge in [-0.15, -0.1) is 0 Å². The van der Waals surface area contributed by atoms with E-state index in [0.717, 1.165) is 25.8 Å². The average molecular weight is 197 g/mol. The van der Waals surface area contributed by atoms with Crippen molar-refractivity contribution in [2.24, 2.45) is 5.92 Å². The predicted molar refractivity (Wildman–Crippen MR) is 56.7 cm³/mol. The van der Waals surface area contributed by atoms with Gasteiger partial charge < -0.3 is 15.4 Å². The molecule has 14 heavy (non-hydrogen) atoms. The highest BCUT2D eigenvalue weighted by Crippen LogP contribution is 2.12. The Morgan fingerprint density at radius 3 is 2.86 bits per heavy atom. The molecule has 1 atom stereocenters. The van der Waals surface area contributed by atoms with Gasteiger partial charge in [-0.3, -0.25) is 0 Å². The second-order valence-corrected chi connectivity index (χ2v) is 3.60. The zero-order valence-electron chi connectivity index (χ0n) is 8.69. The molecule has 4 heteroatoms. The van der Waals surface area contributed by atoms with Crippen molar-refractivity contribution in [3.63, 3.8) is 0 Å². The number of nitrogens with zero attached hydrogens (tertiary/aromatic N) is 2. The van der Waals surface area contributed by atoms with Gasteiger partial charge in [0.15, 0.2) is 5.95 Å². The van der Waals surface area contributed by atoms with Gasteiger partial charge in [-0.2, -0.15) is 0 Å². The maximum atomic E-state index is 9.10. The van der Waals surface area contributed by atoms with Gasteiger partial charge in [-0.05, 0) is 18.8 Å². The Morgan fingerprint density at radius 2 is 2.36 bits per heavy atom. The molecule has 0 saturated heterocycles. The molecule has 1 rings (SSSR count). The zero-order valence-corrected chi connectivity index (χ0v) is 8.69. The standard InChI is InChI=1S/C10H19N3O/c1-2-3-9(8-14)4-6-13-7-5-12-10(13)11/h5,7,9,14H,2-4,6,8H2,1H3,(H2,11,12). The summed E-state index contributed by atoms with van der Waals surface area (Å²) in [6, 6.07) is 0. The molecular weight excluding hydrogens is 178 g/mol. The molecule has 0 aliphatic rings. The van der Waals surface area contributed by atoms with Crippen molar-refractivity contribution < 1.29 is 5.11 Å². The van der Waals surface area contributed by atoms with E-state index in [1.54, 1.807) is 6.20 Å². The smallest absolute Gasteiger partial charge is 0.200 e. The van der Waals surface area contributed by atoms with Crippen molar-refractivity contribution in [3.8, 4) is 0 Å². The molecule has 1 aromatic rings. The molecule has 0 aliphatic carbocycles. The van der Waals surface area contributed by atoms with Crippen LogP contribution >= 0.6 is 0 Å². The van der Waals surface area contributed by atoms with Crippen molar-refractivity contribution >= 4 is 5.95 Å². The molecule has 1 heterocycles. The summed E-state index contributed by atoms with van der Waals surface area (Å²) in [5.74, 6) is 0.944. The van der Waals surface area contributed by atoms with Crippen LogP contribution in [0.2, 0.25) is 0 Å². The minimum absolute atomic E-state index is 0.266. The fourth-order valence-electron chi connectivity index (χ4n) is 1.59. The van der Waals surface area contributed by atoms with Crippen LogP contribution in [0.5, 0.6) is 0 Å². The summed E-state index contributed by atoms with van der Waals surface area (Å²) in [7, 11) is 0. The summed E-state index contributed by atoms with van der Waals surface area (Å²) in [6.45, 7) is 3.24. The normalized spacial score (nSPS) is 13.0. The Hall–Kier alpha value is -1.03. The molecule has 0 fully saturated rings. The number of hydrogen-bond donors (Lipinski definition) is 2. The number of aliphatic hydroxyl groups excluding tert-OH is 1. The Labute approximate surface area is 84.8 Å². The summed E-state index contributed by atoms with van der Waals surface area (Å²) in [5, 5.41) is 9.10. The van der Waals surface area contributed by atoms with Gasteiger partial charge in [0.25, 0.3) is 0 Å². The van der Waals surface area contributed by atoms with Crippen molar-refractivity contribution in [2.45, 2.75) is 32.7 Å². The maximum absolute atomic E-state index is 9.10. The van der Waals surface area contributed by atoms with E-state index in [1.165, 1.54) is 0 Å². The Bertz CT molecular complexity index is 260. The molecule has 1 aromatic heterocycles. The Balaban J connectivity index is 2.35. The summed E-state index contributed by atoms with van der Waals surface area (Å²) in [6.07, 6.45) is 6.72. The van der Waals surface area contributed by atoms with E-state index < -0.39 is 0 Å². The zero-order chi connectivity index (χ0) is 10.4. The summed E-state index contributed by atoms with van der Waals surface area (Å²) in [4.78, 5) is 3.94. The number of hydrogen-bond acceptors (Lipinski definition) is 3. The molecule has 0 amide bonds. The molecule has 80 valence electrons. The highest BCUT2D eigenvalue weighted by molar-refractivity contribution is 5.16. The molecule has 0 spiro atoms. The van der Waals surface area contributed by atoms with Crippen molar-refractivity contribution in [2.75, 3.05) is 12.3 Å². The lowest BCUT2D eigenvalue weighted by Crippen LogP contribution is -2.11. The minimum Gasteiger partial charge on any atom is -0.396 e. The quantitative estimate of drug-likeness (QED) is 0.721. The monoisotopic (exact) mass is 197 g/mol. The van der Waals surface area contributed by atoms with E-state index in [9.17, 15) is 0 Å².